The Kier molecular flexibility index (Phi) is 2.90. The summed E-state index contributed by atoms with van der Waals surface area (Å²) < 4.78 is 13.3. The fourth-order valence-corrected chi connectivity index (χ4v) is 1.97. The number of halogens is 1. The molecule has 0 fully saturated rings. The van der Waals surface area contributed by atoms with Crippen molar-refractivity contribution in [2.24, 2.45) is 0 Å². The van der Waals surface area contributed by atoms with Gasteiger partial charge in [0.25, 0.3) is 5.91 Å². The van der Waals surface area contributed by atoms with Crippen molar-refractivity contribution >= 4 is 22.5 Å². The molecule has 20 heavy (non-hydrogen) atoms. The van der Waals surface area contributed by atoms with Gasteiger partial charge in [-0.3, -0.25) is 14.9 Å². The van der Waals surface area contributed by atoms with E-state index in [1.54, 1.807) is 24.4 Å². The molecule has 100 valence electrons. The number of pyridine rings is 1. The van der Waals surface area contributed by atoms with Crippen molar-refractivity contribution in [3.8, 4) is 0 Å². The Balaban J connectivity index is 1.94. The number of aryl methyl sites for hydroxylation is 1. The summed E-state index contributed by atoms with van der Waals surface area (Å²) in [5.74, 6) is -0.805. The first-order valence-corrected chi connectivity index (χ1v) is 6.01. The van der Waals surface area contributed by atoms with Crippen molar-refractivity contribution in [3.63, 3.8) is 0 Å². The fourth-order valence-electron chi connectivity index (χ4n) is 1.97. The maximum Gasteiger partial charge on any atom is 0.276 e. The summed E-state index contributed by atoms with van der Waals surface area (Å²) in [4.78, 5) is 16.2. The Bertz CT molecular complexity index is 797. The monoisotopic (exact) mass is 270 g/mol. The normalized spacial score (nSPS) is 10.7. The second-order valence-electron chi connectivity index (χ2n) is 4.40. The van der Waals surface area contributed by atoms with E-state index in [1.165, 1.54) is 12.1 Å². The van der Waals surface area contributed by atoms with E-state index in [1.807, 2.05) is 6.92 Å². The van der Waals surface area contributed by atoms with Crippen LogP contribution in [0.4, 0.5) is 10.1 Å². The van der Waals surface area contributed by atoms with Crippen LogP contribution in [0.5, 0.6) is 0 Å². The molecule has 0 aliphatic carbocycles. The summed E-state index contributed by atoms with van der Waals surface area (Å²) in [6.07, 6.45) is 1.60. The number of anilines is 1. The minimum atomic E-state index is -0.410. The van der Waals surface area contributed by atoms with Crippen molar-refractivity contribution in [1.82, 2.24) is 15.2 Å². The quantitative estimate of drug-likeness (QED) is 0.752. The number of aromatic nitrogens is 3. The molecular formula is C14H11FN4O. The SMILES string of the molecule is Cc1cc(NC(=O)c2n[nH]c3ccc(F)cc23)ccn1. The van der Waals surface area contributed by atoms with Crippen molar-refractivity contribution in [3.05, 3.63) is 53.7 Å². The van der Waals surface area contributed by atoms with Gasteiger partial charge in [-0.1, -0.05) is 0 Å². The number of amides is 1. The third-order valence-electron chi connectivity index (χ3n) is 2.89. The van der Waals surface area contributed by atoms with E-state index in [4.69, 9.17) is 0 Å². The Morgan fingerprint density at radius 1 is 1.30 bits per heavy atom. The van der Waals surface area contributed by atoms with Crippen LogP contribution in [0, 0.1) is 12.7 Å². The van der Waals surface area contributed by atoms with E-state index in [2.05, 4.69) is 20.5 Å². The highest BCUT2D eigenvalue weighted by molar-refractivity contribution is 6.11. The molecule has 2 N–H and O–H groups in total. The van der Waals surface area contributed by atoms with Crippen LogP contribution in [-0.4, -0.2) is 21.1 Å². The summed E-state index contributed by atoms with van der Waals surface area (Å²) in [7, 11) is 0. The molecule has 0 spiro atoms. The van der Waals surface area contributed by atoms with E-state index < -0.39 is 11.7 Å². The van der Waals surface area contributed by atoms with E-state index in [-0.39, 0.29) is 5.69 Å². The van der Waals surface area contributed by atoms with Crippen LogP contribution < -0.4 is 5.32 Å². The topological polar surface area (TPSA) is 70.7 Å². The van der Waals surface area contributed by atoms with Gasteiger partial charge >= 0.3 is 0 Å². The summed E-state index contributed by atoms with van der Waals surface area (Å²) in [5, 5.41) is 9.80. The van der Waals surface area contributed by atoms with Crippen molar-refractivity contribution in [1.29, 1.82) is 0 Å². The third-order valence-corrected chi connectivity index (χ3v) is 2.89. The zero-order chi connectivity index (χ0) is 14.1. The van der Waals surface area contributed by atoms with Crippen LogP contribution >= 0.6 is 0 Å². The van der Waals surface area contributed by atoms with Gasteiger partial charge in [-0.15, -0.1) is 0 Å². The first kappa shape index (κ1) is 12.3. The molecule has 6 heteroatoms. The summed E-state index contributed by atoms with van der Waals surface area (Å²) in [5.41, 5.74) is 2.19. The van der Waals surface area contributed by atoms with Gasteiger partial charge in [-0.2, -0.15) is 5.10 Å². The maximum absolute atomic E-state index is 13.3. The predicted octanol–water partition coefficient (Wildman–Crippen LogP) is 2.66. The largest absolute Gasteiger partial charge is 0.320 e. The Hall–Kier alpha value is -2.76. The Morgan fingerprint density at radius 2 is 2.15 bits per heavy atom. The Labute approximate surface area is 113 Å². The van der Waals surface area contributed by atoms with Gasteiger partial charge in [0, 0.05) is 23.0 Å². The lowest BCUT2D eigenvalue weighted by molar-refractivity contribution is 0.102. The molecule has 0 saturated heterocycles. The first-order chi connectivity index (χ1) is 9.63. The zero-order valence-corrected chi connectivity index (χ0v) is 10.6. The maximum atomic E-state index is 13.3. The minimum absolute atomic E-state index is 0.161. The number of H-pyrrole nitrogens is 1. The third kappa shape index (κ3) is 2.23. The predicted molar refractivity (Wildman–Crippen MR) is 73.0 cm³/mol. The second kappa shape index (κ2) is 4.73. The highest BCUT2D eigenvalue weighted by atomic mass is 19.1. The molecule has 5 nitrogen and oxygen atoms in total. The molecule has 0 saturated carbocycles. The lowest BCUT2D eigenvalue weighted by Crippen LogP contribution is -2.13. The molecule has 1 aromatic carbocycles. The van der Waals surface area contributed by atoms with Gasteiger partial charge in [0.1, 0.15) is 5.82 Å². The highest BCUT2D eigenvalue weighted by Gasteiger charge is 2.15. The van der Waals surface area contributed by atoms with Gasteiger partial charge in [-0.25, -0.2) is 4.39 Å². The molecule has 2 heterocycles. The van der Waals surface area contributed by atoms with E-state index in [9.17, 15) is 9.18 Å². The molecule has 0 unspecified atom stereocenters. The van der Waals surface area contributed by atoms with Gasteiger partial charge in [0.2, 0.25) is 0 Å². The smallest absolute Gasteiger partial charge is 0.276 e. The molecule has 0 radical (unpaired) electrons. The molecular weight excluding hydrogens is 259 g/mol. The van der Waals surface area contributed by atoms with E-state index in [0.717, 1.165) is 5.69 Å². The molecule has 1 amide bonds. The van der Waals surface area contributed by atoms with E-state index in [0.29, 0.717) is 16.6 Å². The lowest BCUT2D eigenvalue weighted by Gasteiger charge is -2.03. The number of fused-ring (bicyclic) bond motifs is 1. The second-order valence-corrected chi connectivity index (χ2v) is 4.40. The van der Waals surface area contributed by atoms with E-state index >= 15 is 0 Å². The molecule has 0 atom stereocenters. The summed E-state index contributed by atoms with van der Waals surface area (Å²) in [6, 6.07) is 7.57. The average Bonchev–Trinajstić information content (AvgIpc) is 2.81. The van der Waals surface area contributed by atoms with Crippen molar-refractivity contribution < 1.29 is 9.18 Å². The van der Waals surface area contributed by atoms with Crippen LogP contribution in [0.25, 0.3) is 10.9 Å². The molecule has 0 aliphatic rings. The molecule has 0 aliphatic heterocycles. The standard InChI is InChI=1S/C14H11FN4O/c1-8-6-10(4-5-16-8)17-14(20)13-11-7-9(15)2-3-12(11)18-19-13/h2-7H,1H3,(H,18,19)(H,16,17,20). The number of rotatable bonds is 2. The minimum Gasteiger partial charge on any atom is -0.320 e. The average molecular weight is 270 g/mol. The number of hydrogen-bond donors (Lipinski definition) is 2. The number of carbonyl (C=O) groups is 1. The van der Waals surface area contributed by atoms with Crippen molar-refractivity contribution in [2.45, 2.75) is 6.92 Å². The number of benzene rings is 1. The lowest BCUT2D eigenvalue weighted by atomic mass is 10.2. The van der Waals surface area contributed by atoms with Crippen LogP contribution in [-0.2, 0) is 0 Å². The number of hydrogen-bond acceptors (Lipinski definition) is 3. The molecule has 2 aromatic heterocycles. The number of nitrogens with one attached hydrogen (secondary N) is 2. The zero-order valence-electron chi connectivity index (χ0n) is 10.6. The Morgan fingerprint density at radius 3 is 2.95 bits per heavy atom. The van der Waals surface area contributed by atoms with Gasteiger partial charge in [-0.05, 0) is 37.3 Å². The van der Waals surface area contributed by atoms with Crippen LogP contribution in [0.15, 0.2) is 36.5 Å². The van der Waals surface area contributed by atoms with Crippen molar-refractivity contribution in [2.75, 3.05) is 5.32 Å². The van der Waals surface area contributed by atoms with Gasteiger partial charge < -0.3 is 5.32 Å². The molecule has 0 bridgehead atoms. The van der Waals surface area contributed by atoms with Crippen LogP contribution in [0.2, 0.25) is 0 Å². The highest BCUT2D eigenvalue weighted by Crippen LogP contribution is 2.18. The number of aromatic amines is 1. The van der Waals surface area contributed by atoms with Gasteiger partial charge in [0.15, 0.2) is 5.69 Å². The first-order valence-electron chi connectivity index (χ1n) is 6.01. The fraction of sp³-hybridized carbons (Fsp3) is 0.0714. The molecule has 3 aromatic rings. The van der Waals surface area contributed by atoms with Crippen LogP contribution in [0.1, 0.15) is 16.2 Å². The summed E-state index contributed by atoms with van der Waals surface area (Å²) in [6.45, 7) is 1.83. The summed E-state index contributed by atoms with van der Waals surface area (Å²) >= 11 is 0. The molecule has 3 rings (SSSR count). The number of nitrogens with zero attached hydrogens (tertiary/aromatic N) is 2. The van der Waals surface area contributed by atoms with Crippen LogP contribution in [0.3, 0.4) is 0 Å². The number of carbonyl (C=O) groups excluding carboxylic acids is 1. The van der Waals surface area contributed by atoms with Gasteiger partial charge in [0.05, 0.1) is 5.52 Å².